The van der Waals surface area contributed by atoms with E-state index in [0.29, 0.717) is 31.9 Å². The topological polar surface area (TPSA) is 70.5 Å². The number of hydrogen-bond donors (Lipinski definition) is 1. The van der Waals surface area contributed by atoms with Gasteiger partial charge in [-0.3, -0.25) is 19.2 Å². The van der Waals surface area contributed by atoms with Gasteiger partial charge in [0.1, 0.15) is 11.7 Å². The fourth-order valence-electron chi connectivity index (χ4n) is 3.43. The average Bonchev–Trinajstić information content (AvgIpc) is 3.21. The Hall–Kier alpha value is -2.38. The van der Waals surface area contributed by atoms with Crippen LogP contribution in [0, 0.1) is 0 Å². The molecule has 1 N–H and O–H groups in total. The first kappa shape index (κ1) is 21.3. The fraction of sp³-hybridized carbons (Fsp3) is 0.476. The number of carbonyl (C=O) groups is 2. The van der Waals surface area contributed by atoms with Gasteiger partial charge < -0.3 is 10.2 Å². The molecule has 3 rings (SSSR count). The zero-order valence-electron chi connectivity index (χ0n) is 17.0. The van der Waals surface area contributed by atoms with E-state index in [2.05, 4.69) is 10.4 Å². The predicted octanol–water partition coefficient (Wildman–Crippen LogP) is 2.06. The van der Waals surface area contributed by atoms with E-state index >= 15 is 0 Å². The van der Waals surface area contributed by atoms with E-state index in [1.54, 1.807) is 21.8 Å². The molecule has 8 heteroatoms. The van der Waals surface area contributed by atoms with Crippen LogP contribution < -0.4 is 5.32 Å². The number of aromatic nitrogens is 2. The van der Waals surface area contributed by atoms with Gasteiger partial charge in [-0.1, -0.05) is 23.7 Å². The lowest BCUT2D eigenvalue weighted by molar-refractivity contribution is -0.127. The van der Waals surface area contributed by atoms with Crippen LogP contribution in [0.15, 0.2) is 36.5 Å². The predicted molar refractivity (Wildman–Crippen MR) is 113 cm³/mol. The maximum absolute atomic E-state index is 12.7. The van der Waals surface area contributed by atoms with E-state index in [0.717, 1.165) is 24.4 Å². The monoisotopic (exact) mass is 417 g/mol. The minimum Gasteiger partial charge on any atom is -0.355 e. The summed E-state index contributed by atoms with van der Waals surface area (Å²) in [6.45, 7) is 4.91. The van der Waals surface area contributed by atoms with E-state index < -0.39 is 0 Å². The molecule has 0 radical (unpaired) electrons. The van der Waals surface area contributed by atoms with Crippen molar-refractivity contribution in [1.29, 1.82) is 0 Å². The van der Waals surface area contributed by atoms with Gasteiger partial charge in [-0.05, 0) is 50.6 Å². The maximum Gasteiger partial charge on any atom is 0.274 e. The molecule has 0 saturated carbocycles. The van der Waals surface area contributed by atoms with Crippen LogP contribution in [0.3, 0.4) is 0 Å². The van der Waals surface area contributed by atoms with E-state index in [4.69, 9.17) is 11.6 Å². The second-order valence-corrected chi connectivity index (χ2v) is 7.76. The Morgan fingerprint density at radius 3 is 2.66 bits per heavy atom. The van der Waals surface area contributed by atoms with Crippen LogP contribution in [0.5, 0.6) is 0 Å². The molecule has 29 heavy (non-hydrogen) atoms. The van der Waals surface area contributed by atoms with Crippen molar-refractivity contribution in [2.75, 3.05) is 33.2 Å². The summed E-state index contributed by atoms with van der Waals surface area (Å²) in [7, 11) is 1.92. The molecule has 2 aromatic rings. The summed E-state index contributed by atoms with van der Waals surface area (Å²) in [6.07, 6.45) is 3.53. The summed E-state index contributed by atoms with van der Waals surface area (Å²) >= 11 is 5.90. The molecule has 1 aliphatic rings. The molecule has 0 aliphatic carbocycles. The Labute approximate surface area is 176 Å². The summed E-state index contributed by atoms with van der Waals surface area (Å²) in [5, 5.41) is 8.03. The second kappa shape index (κ2) is 9.89. The Morgan fingerprint density at radius 2 is 1.97 bits per heavy atom. The first-order valence-corrected chi connectivity index (χ1v) is 10.4. The second-order valence-electron chi connectivity index (χ2n) is 7.33. The quantitative estimate of drug-likeness (QED) is 0.700. The first-order chi connectivity index (χ1) is 14.0. The molecular weight excluding hydrogens is 390 g/mol. The molecule has 0 unspecified atom stereocenters. The Bertz CT molecular complexity index is 836. The van der Waals surface area contributed by atoms with Crippen LogP contribution in [0.2, 0.25) is 5.02 Å². The Morgan fingerprint density at radius 1 is 1.21 bits per heavy atom. The van der Waals surface area contributed by atoms with Crippen LogP contribution in [0.4, 0.5) is 0 Å². The van der Waals surface area contributed by atoms with E-state index in [1.807, 2.05) is 43.1 Å². The SMILES string of the molecule is CCn1ccc(C(=O)N2CCN(C)[C@H](C(=O)NCCCc3ccc(Cl)cc3)C2)n1. The smallest absolute Gasteiger partial charge is 0.274 e. The molecule has 1 saturated heterocycles. The number of amides is 2. The molecule has 1 aromatic heterocycles. The lowest BCUT2D eigenvalue weighted by Gasteiger charge is -2.38. The molecule has 2 heterocycles. The van der Waals surface area contributed by atoms with Gasteiger partial charge in [0.2, 0.25) is 5.91 Å². The molecule has 1 atom stereocenters. The minimum absolute atomic E-state index is 0.0415. The van der Waals surface area contributed by atoms with Crippen molar-refractivity contribution in [2.24, 2.45) is 0 Å². The summed E-state index contributed by atoms with van der Waals surface area (Å²) in [6, 6.07) is 9.14. The highest BCUT2D eigenvalue weighted by molar-refractivity contribution is 6.30. The number of rotatable bonds is 7. The molecule has 1 fully saturated rings. The molecule has 0 spiro atoms. The van der Waals surface area contributed by atoms with E-state index in [-0.39, 0.29) is 17.9 Å². The maximum atomic E-state index is 12.7. The first-order valence-electron chi connectivity index (χ1n) is 10.0. The van der Waals surface area contributed by atoms with Crippen molar-refractivity contribution in [3.8, 4) is 0 Å². The molecule has 0 bridgehead atoms. The van der Waals surface area contributed by atoms with Crippen LogP contribution in [-0.4, -0.2) is 70.7 Å². The number of carbonyl (C=O) groups excluding carboxylic acids is 2. The molecular formula is C21H28ClN5O2. The van der Waals surface area contributed by atoms with Gasteiger partial charge in [0.05, 0.1) is 0 Å². The number of hydrogen-bond acceptors (Lipinski definition) is 4. The van der Waals surface area contributed by atoms with Crippen LogP contribution in [-0.2, 0) is 17.8 Å². The lowest BCUT2D eigenvalue weighted by atomic mass is 10.1. The summed E-state index contributed by atoms with van der Waals surface area (Å²) in [4.78, 5) is 29.2. The van der Waals surface area contributed by atoms with Gasteiger partial charge in [0.25, 0.3) is 5.91 Å². The van der Waals surface area contributed by atoms with Crippen LogP contribution in [0.25, 0.3) is 0 Å². The zero-order chi connectivity index (χ0) is 20.8. The van der Waals surface area contributed by atoms with Gasteiger partial charge >= 0.3 is 0 Å². The standard InChI is InChI=1S/C21H28ClN5O2/c1-3-27-12-10-18(24-27)21(29)26-14-13-25(2)19(15-26)20(28)23-11-4-5-16-6-8-17(22)9-7-16/h6-10,12,19H,3-5,11,13-15H2,1-2H3,(H,23,28)/t19-/m0/s1. The zero-order valence-corrected chi connectivity index (χ0v) is 17.7. The number of piperazine rings is 1. The third kappa shape index (κ3) is 5.58. The van der Waals surface area contributed by atoms with Crippen molar-refractivity contribution in [2.45, 2.75) is 32.4 Å². The number of likely N-dealkylation sites (N-methyl/N-ethyl adjacent to an activating group) is 1. The van der Waals surface area contributed by atoms with E-state index in [9.17, 15) is 9.59 Å². The van der Waals surface area contributed by atoms with Crippen molar-refractivity contribution >= 4 is 23.4 Å². The van der Waals surface area contributed by atoms with Gasteiger partial charge in [-0.2, -0.15) is 5.10 Å². The number of nitrogens with zero attached hydrogens (tertiary/aromatic N) is 4. The fourth-order valence-corrected chi connectivity index (χ4v) is 3.55. The number of aryl methyl sites for hydroxylation is 2. The van der Waals surface area contributed by atoms with Gasteiger partial charge in [0, 0.05) is 43.9 Å². The molecule has 1 aliphatic heterocycles. The Kier molecular flexibility index (Phi) is 7.28. The largest absolute Gasteiger partial charge is 0.355 e. The number of benzene rings is 1. The third-order valence-electron chi connectivity index (χ3n) is 5.28. The highest BCUT2D eigenvalue weighted by Crippen LogP contribution is 2.13. The molecule has 156 valence electrons. The lowest BCUT2D eigenvalue weighted by Crippen LogP contribution is -2.58. The van der Waals surface area contributed by atoms with E-state index in [1.165, 1.54) is 5.56 Å². The van der Waals surface area contributed by atoms with Gasteiger partial charge in [0.15, 0.2) is 0 Å². The highest BCUT2D eigenvalue weighted by Gasteiger charge is 2.33. The van der Waals surface area contributed by atoms with Crippen LogP contribution in [0.1, 0.15) is 29.4 Å². The van der Waals surface area contributed by atoms with Crippen LogP contribution >= 0.6 is 11.6 Å². The number of halogens is 1. The minimum atomic E-state index is -0.350. The van der Waals surface area contributed by atoms with Crippen molar-refractivity contribution in [3.63, 3.8) is 0 Å². The summed E-state index contributed by atoms with van der Waals surface area (Å²) in [5.74, 6) is -0.161. The van der Waals surface area contributed by atoms with Crippen molar-refractivity contribution in [3.05, 3.63) is 52.8 Å². The van der Waals surface area contributed by atoms with Gasteiger partial charge in [-0.15, -0.1) is 0 Å². The van der Waals surface area contributed by atoms with Crippen molar-refractivity contribution < 1.29 is 9.59 Å². The molecule has 2 amide bonds. The normalized spacial score (nSPS) is 17.3. The van der Waals surface area contributed by atoms with Gasteiger partial charge in [-0.25, -0.2) is 0 Å². The van der Waals surface area contributed by atoms with Crippen molar-refractivity contribution in [1.82, 2.24) is 24.9 Å². The number of nitrogens with one attached hydrogen (secondary N) is 1. The summed E-state index contributed by atoms with van der Waals surface area (Å²) in [5.41, 5.74) is 1.63. The average molecular weight is 418 g/mol. The molecule has 7 nitrogen and oxygen atoms in total. The molecule has 1 aromatic carbocycles. The Balaban J connectivity index is 1.49. The third-order valence-corrected chi connectivity index (χ3v) is 5.53. The summed E-state index contributed by atoms with van der Waals surface area (Å²) < 4.78 is 1.73. The highest BCUT2D eigenvalue weighted by atomic mass is 35.5.